The van der Waals surface area contributed by atoms with E-state index in [-0.39, 0.29) is 11.7 Å². The van der Waals surface area contributed by atoms with Crippen molar-refractivity contribution < 1.29 is 23.1 Å². The van der Waals surface area contributed by atoms with E-state index in [0.29, 0.717) is 12.1 Å². The number of nitrogens with one attached hydrogen (secondary N) is 1. The number of aliphatic carboxylic acids is 1. The Hall–Kier alpha value is -1.89. The Bertz CT molecular complexity index is 650. The molecule has 0 aliphatic carbocycles. The maximum absolute atomic E-state index is 11.8. The predicted molar refractivity (Wildman–Crippen MR) is 89.1 cm³/mol. The number of anilines is 1. The molecule has 0 saturated carbocycles. The summed E-state index contributed by atoms with van der Waals surface area (Å²) in [7, 11) is -3.41. The van der Waals surface area contributed by atoms with Gasteiger partial charge in [-0.15, -0.1) is 0 Å². The molecule has 1 unspecified atom stereocenters. The van der Waals surface area contributed by atoms with Crippen LogP contribution in [0.3, 0.4) is 0 Å². The van der Waals surface area contributed by atoms with Crippen molar-refractivity contribution in [3.63, 3.8) is 0 Å². The van der Waals surface area contributed by atoms with Crippen molar-refractivity contribution >= 4 is 27.4 Å². The van der Waals surface area contributed by atoms with Gasteiger partial charge in [0.15, 0.2) is 9.84 Å². The lowest BCUT2D eigenvalue weighted by Crippen LogP contribution is -2.26. The zero-order valence-corrected chi connectivity index (χ0v) is 14.4. The number of rotatable bonds is 8. The van der Waals surface area contributed by atoms with Crippen LogP contribution in [0.1, 0.15) is 26.3 Å². The van der Waals surface area contributed by atoms with Crippen LogP contribution in [-0.2, 0) is 25.8 Å². The average Bonchev–Trinajstić information content (AvgIpc) is 2.38. The molecule has 128 valence electrons. The first-order chi connectivity index (χ1) is 10.6. The quantitative estimate of drug-likeness (QED) is 0.753. The normalized spacial score (nSPS) is 12.9. The van der Waals surface area contributed by atoms with Crippen LogP contribution < -0.4 is 5.32 Å². The molecule has 23 heavy (non-hydrogen) atoms. The van der Waals surface area contributed by atoms with Gasteiger partial charge in [-0.3, -0.25) is 9.59 Å². The average molecular weight is 341 g/mol. The summed E-state index contributed by atoms with van der Waals surface area (Å²) in [5, 5.41) is 11.4. The molecular formula is C16H23NO5S. The van der Waals surface area contributed by atoms with Gasteiger partial charge in [0, 0.05) is 5.69 Å². The third-order valence-electron chi connectivity index (χ3n) is 3.14. The van der Waals surface area contributed by atoms with E-state index < -0.39 is 33.4 Å². The van der Waals surface area contributed by atoms with E-state index in [2.05, 4.69) is 5.32 Å². The van der Waals surface area contributed by atoms with Crippen LogP contribution in [0.4, 0.5) is 5.69 Å². The number of carboxylic acids is 1. The third-order valence-corrected chi connectivity index (χ3v) is 5.02. The molecule has 0 heterocycles. The van der Waals surface area contributed by atoms with Crippen LogP contribution in [0.15, 0.2) is 24.3 Å². The van der Waals surface area contributed by atoms with E-state index >= 15 is 0 Å². The van der Waals surface area contributed by atoms with Gasteiger partial charge in [-0.25, -0.2) is 8.42 Å². The predicted octanol–water partition coefficient (Wildman–Crippen LogP) is 1.96. The summed E-state index contributed by atoms with van der Waals surface area (Å²) in [5.74, 6) is -2.51. The number of hydrogen-bond donors (Lipinski definition) is 2. The Morgan fingerprint density at radius 1 is 1.13 bits per heavy atom. The molecule has 1 rings (SSSR count). The molecule has 0 radical (unpaired) electrons. The van der Waals surface area contributed by atoms with Crippen LogP contribution in [0.5, 0.6) is 0 Å². The molecule has 1 aromatic rings. The molecule has 0 aliphatic heterocycles. The number of amides is 1. The lowest BCUT2D eigenvalue weighted by Gasteiger charge is -2.09. The van der Waals surface area contributed by atoms with Crippen molar-refractivity contribution in [2.75, 3.05) is 16.8 Å². The fourth-order valence-electron chi connectivity index (χ4n) is 2.13. The fourth-order valence-corrected chi connectivity index (χ4v) is 3.73. The highest BCUT2D eigenvalue weighted by atomic mass is 32.2. The standard InChI is InChI=1S/C16H23NO5S/c1-11(2)9-23(21,22)10-15(18)17-14-6-4-13(5-7-14)8-12(3)16(19)20/h4-7,11-12H,8-10H2,1-3H3,(H,17,18)(H,19,20). The van der Waals surface area contributed by atoms with Gasteiger partial charge < -0.3 is 10.4 Å². The molecule has 0 spiro atoms. The Morgan fingerprint density at radius 2 is 1.70 bits per heavy atom. The van der Waals surface area contributed by atoms with E-state index in [1.807, 2.05) is 0 Å². The number of carbonyl (C=O) groups excluding carboxylic acids is 1. The Kier molecular flexibility index (Phi) is 6.75. The van der Waals surface area contributed by atoms with Crippen molar-refractivity contribution in [3.8, 4) is 0 Å². The molecule has 1 atom stereocenters. The molecule has 2 N–H and O–H groups in total. The van der Waals surface area contributed by atoms with Crippen LogP contribution in [0.25, 0.3) is 0 Å². The van der Waals surface area contributed by atoms with Gasteiger partial charge in [0.25, 0.3) is 0 Å². The van der Waals surface area contributed by atoms with Crippen LogP contribution in [0, 0.1) is 11.8 Å². The second kappa shape index (κ2) is 8.10. The van der Waals surface area contributed by atoms with E-state index in [1.165, 1.54) is 0 Å². The summed E-state index contributed by atoms with van der Waals surface area (Å²) < 4.78 is 23.5. The molecule has 7 heteroatoms. The SMILES string of the molecule is CC(C)CS(=O)(=O)CC(=O)Nc1ccc(CC(C)C(=O)O)cc1. The van der Waals surface area contributed by atoms with Crippen LogP contribution in [-0.4, -0.2) is 36.9 Å². The minimum absolute atomic E-state index is 0.0214. The molecule has 1 amide bonds. The Labute approximate surface area is 136 Å². The highest BCUT2D eigenvalue weighted by molar-refractivity contribution is 7.92. The first-order valence-electron chi connectivity index (χ1n) is 7.41. The molecule has 0 fully saturated rings. The molecule has 0 saturated heterocycles. The van der Waals surface area contributed by atoms with Gasteiger partial charge in [-0.2, -0.15) is 0 Å². The van der Waals surface area contributed by atoms with Crippen molar-refractivity contribution in [2.45, 2.75) is 27.2 Å². The van der Waals surface area contributed by atoms with Gasteiger partial charge in [-0.1, -0.05) is 32.9 Å². The summed E-state index contributed by atoms with van der Waals surface area (Å²) in [6, 6.07) is 6.71. The molecule has 0 aromatic heterocycles. The summed E-state index contributed by atoms with van der Waals surface area (Å²) in [5.41, 5.74) is 1.33. The van der Waals surface area contributed by atoms with E-state index in [0.717, 1.165) is 5.56 Å². The molecule has 6 nitrogen and oxygen atoms in total. The topological polar surface area (TPSA) is 101 Å². The highest BCUT2D eigenvalue weighted by Gasteiger charge is 2.18. The fraction of sp³-hybridized carbons (Fsp3) is 0.500. The first kappa shape index (κ1) is 19.2. The third kappa shape index (κ3) is 7.27. The van der Waals surface area contributed by atoms with Crippen LogP contribution in [0.2, 0.25) is 0 Å². The second-order valence-corrected chi connectivity index (χ2v) is 8.25. The monoisotopic (exact) mass is 341 g/mol. The van der Waals surface area contributed by atoms with Crippen molar-refractivity contribution in [2.24, 2.45) is 11.8 Å². The smallest absolute Gasteiger partial charge is 0.306 e. The molecule has 1 aromatic carbocycles. The minimum atomic E-state index is -3.41. The van der Waals surface area contributed by atoms with Gasteiger partial charge in [0.2, 0.25) is 5.91 Å². The number of benzene rings is 1. The molecule has 0 bridgehead atoms. The maximum atomic E-state index is 11.8. The lowest BCUT2D eigenvalue weighted by atomic mass is 10.0. The number of hydrogen-bond acceptors (Lipinski definition) is 4. The Balaban J connectivity index is 2.61. The second-order valence-electron chi connectivity index (χ2n) is 6.14. The van der Waals surface area contributed by atoms with Gasteiger partial charge >= 0.3 is 5.97 Å². The van der Waals surface area contributed by atoms with Crippen molar-refractivity contribution in [1.82, 2.24) is 0 Å². The summed E-state index contributed by atoms with van der Waals surface area (Å²) in [6.45, 7) is 5.19. The zero-order chi connectivity index (χ0) is 17.6. The van der Waals surface area contributed by atoms with E-state index in [9.17, 15) is 18.0 Å². The number of carboxylic acid groups (broad SMARTS) is 1. The first-order valence-corrected chi connectivity index (χ1v) is 9.23. The van der Waals surface area contributed by atoms with E-state index in [4.69, 9.17) is 5.11 Å². The maximum Gasteiger partial charge on any atom is 0.306 e. The number of sulfone groups is 1. The Morgan fingerprint density at radius 3 is 2.17 bits per heavy atom. The summed E-state index contributed by atoms with van der Waals surface area (Å²) in [6.07, 6.45) is 0.395. The molecular weight excluding hydrogens is 318 g/mol. The highest BCUT2D eigenvalue weighted by Crippen LogP contribution is 2.14. The minimum Gasteiger partial charge on any atom is -0.481 e. The number of carbonyl (C=O) groups is 2. The van der Waals surface area contributed by atoms with E-state index in [1.54, 1.807) is 45.0 Å². The van der Waals surface area contributed by atoms with Gasteiger partial charge in [-0.05, 0) is 30.0 Å². The molecule has 0 aliphatic rings. The zero-order valence-electron chi connectivity index (χ0n) is 13.6. The van der Waals surface area contributed by atoms with Gasteiger partial charge in [0.05, 0.1) is 11.7 Å². The van der Waals surface area contributed by atoms with Gasteiger partial charge in [0.1, 0.15) is 5.75 Å². The van der Waals surface area contributed by atoms with Crippen molar-refractivity contribution in [1.29, 1.82) is 0 Å². The summed E-state index contributed by atoms with van der Waals surface area (Å²) >= 11 is 0. The largest absolute Gasteiger partial charge is 0.481 e. The van der Waals surface area contributed by atoms with Crippen molar-refractivity contribution in [3.05, 3.63) is 29.8 Å². The lowest BCUT2D eigenvalue weighted by molar-refractivity contribution is -0.141. The summed E-state index contributed by atoms with van der Waals surface area (Å²) in [4.78, 5) is 22.6. The van der Waals surface area contributed by atoms with Crippen LogP contribution >= 0.6 is 0 Å².